The highest BCUT2D eigenvalue weighted by Crippen LogP contribution is 2.38. The lowest BCUT2D eigenvalue weighted by atomic mass is 10.1. The van der Waals surface area contributed by atoms with Gasteiger partial charge in [0, 0.05) is 4.88 Å². The zero-order valence-electron chi connectivity index (χ0n) is 15.4. The van der Waals surface area contributed by atoms with E-state index in [2.05, 4.69) is 5.32 Å². The molecule has 0 atom stereocenters. The standard InChI is InChI=1S/C19H21NO6S2/c1-2-26-19(22)17-14-8-9-28(23,24)12-15(14)27-18(17)20-16(21)11-25-10-13-6-4-3-5-7-13/h3-7H,2,8-12H2,1H3,(H,20,21). The molecule has 0 unspecified atom stereocenters. The van der Waals surface area contributed by atoms with Gasteiger partial charge in [-0.3, -0.25) is 4.79 Å². The molecule has 1 N–H and O–H groups in total. The zero-order chi connectivity index (χ0) is 20.1. The molecule has 150 valence electrons. The molecule has 0 spiro atoms. The van der Waals surface area contributed by atoms with Crippen molar-refractivity contribution in [2.45, 2.75) is 25.7 Å². The highest BCUT2D eigenvalue weighted by atomic mass is 32.2. The molecule has 7 nitrogen and oxygen atoms in total. The SMILES string of the molecule is CCOC(=O)c1c(NC(=O)COCc2ccccc2)sc2c1CCS(=O)(=O)C2. The van der Waals surface area contributed by atoms with Gasteiger partial charge in [-0.2, -0.15) is 0 Å². The van der Waals surface area contributed by atoms with Crippen LogP contribution in [0.15, 0.2) is 30.3 Å². The van der Waals surface area contributed by atoms with E-state index in [1.165, 1.54) is 0 Å². The summed E-state index contributed by atoms with van der Waals surface area (Å²) in [5.41, 5.74) is 1.85. The summed E-state index contributed by atoms with van der Waals surface area (Å²) in [6.07, 6.45) is 0.239. The molecule has 2 aromatic rings. The van der Waals surface area contributed by atoms with Crippen molar-refractivity contribution in [3.8, 4) is 0 Å². The van der Waals surface area contributed by atoms with Gasteiger partial charge in [-0.05, 0) is 24.5 Å². The molecule has 1 aliphatic heterocycles. The normalized spacial score (nSPS) is 14.9. The topological polar surface area (TPSA) is 98.8 Å². The lowest BCUT2D eigenvalue weighted by molar-refractivity contribution is -0.120. The van der Waals surface area contributed by atoms with Gasteiger partial charge in [-0.15, -0.1) is 11.3 Å². The van der Waals surface area contributed by atoms with Crippen molar-refractivity contribution in [3.63, 3.8) is 0 Å². The number of fused-ring (bicyclic) bond motifs is 1. The van der Waals surface area contributed by atoms with Crippen LogP contribution in [0, 0.1) is 0 Å². The summed E-state index contributed by atoms with van der Waals surface area (Å²) < 4.78 is 34.3. The first kappa shape index (κ1) is 20.5. The van der Waals surface area contributed by atoms with Crippen molar-refractivity contribution in [1.82, 2.24) is 0 Å². The van der Waals surface area contributed by atoms with Crippen molar-refractivity contribution in [3.05, 3.63) is 51.9 Å². The van der Waals surface area contributed by atoms with E-state index in [0.717, 1.165) is 16.9 Å². The average Bonchev–Trinajstić information content (AvgIpc) is 2.98. The van der Waals surface area contributed by atoms with Crippen LogP contribution in [0.25, 0.3) is 0 Å². The molecule has 2 heterocycles. The number of esters is 1. The van der Waals surface area contributed by atoms with Gasteiger partial charge in [0.2, 0.25) is 0 Å². The third-order valence-corrected chi connectivity index (χ3v) is 7.07. The Morgan fingerprint density at radius 1 is 1.21 bits per heavy atom. The maximum atomic E-state index is 12.4. The molecule has 1 amide bonds. The lowest BCUT2D eigenvalue weighted by Gasteiger charge is -2.13. The van der Waals surface area contributed by atoms with E-state index in [9.17, 15) is 18.0 Å². The number of amides is 1. The van der Waals surface area contributed by atoms with Gasteiger partial charge in [-0.1, -0.05) is 30.3 Å². The van der Waals surface area contributed by atoms with Gasteiger partial charge in [0.15, 0.2) is 9.84 Å². The second kappa shape index (κ2) is 8.85. The van der Waals surface area contributed by atoms with Crippen LogP contribution in [0.3, 0.4) is 0 Å². The Bertz CT molecular complexity index is 966. The monoisotopic (exact) mass is 423 g/mol. The Morgan fingerprint density at radius 3 is 2.68 bits per heavy atom. The summed E-state index contributed by atoms with van der Waals surface area (Å²) in [6, 6.07) is 9.45. The summed E-state index contributed by atoms with van der Waals surface area (Å²) >= 11 is 1.11. The van der Waals surface area contributed by atoms with Gasteiger partial charge < -0.3 is 14.8 Å². The van der Waals surface area contributed by atoms with E-state index in [4.69, 9.17) is 9.47 Å². The van der Waals surface area contributed by atoms with Crippen LogP contribution in [0.4, 0.5) is 5.00 Å². The summed E-state index contributed by atoms with van der Waals surface area (Å²) in [4.78, 5) is 25.2. The number of rotatable bonds is 7. The Balaban J connectivity index is 1.72. The van der Waals surface area contributed by atoms with Gasteiger partial charge in [-0.25, -0.2) is 13.2 Å². The fourth-order valence-electron chi connectivity index (χ4n) is 2.93. The van der Waals surface area contributed by atoms with Gasteiger partial charge in [0.25, 0.3) is 5.91 Å². The van der Waals surface area contributed by atoms with Crippen LogP contribution >= 0.6 is 11.3 Å². The number of sulfone groups is 1. The number of hydrogen-bond donors (Lipinski definition) is 1. The van der Waals surface area contributed by atoms with Crippen LogP contribution in [-0.4, -0.2) is 39.3 Å². The fraction of sp³-hybridized carbons (Fsp3) is 0.368. The molecule has 0 saturated carbocycles. The number of carbonyl (C=O) groups is 2. The molecule has 28 heavy (non-hydrogen) atoms. The Hall–Kier alpha value is -2.23. The largest absolute Gasteiger partial charge is 0.462 e. The third kappa shape index (κ3) is 4.98. The number of nitrogens with one attached hydrogen (secondary N) is 1. The summed E-state index contributed by atoms with van der Waals surface area (Å²) in [5.74, 6) is -1.11. The van der Waals surface area contributed by atoms with Gasteiger partial charge >= 0.3 is 5.97 Å². The van der Waals surface area contributed by atoms with E-state index in [1.807, 2.05) is 30.3 Å². The smallest absolute Gasteiger partial charge is 0.341 e. The third-order valence-electron chi connectivity index (χ3n) is 4.18. The molecular formula is C19H21NO6S2. The minimum Gasteiger partial charge on any atom is -0.462 e. The number of hydrogen-bond acceptors (Lipinski definition) is 7. The predicted octanol–water partition coefficient (Wildman–Crippen LogP) is 2.55. The fourth-order valence-corrected chi connectivity index (χ4v) is 5.98. The van der Waals surface area contributed by atoms with E-state index >= 15 is 0 Å². The maximum absolute atomic E-state index is 12.4. The first-order chi connectivity index (χ1) is 13.4. The number of anilines is 1. The molecule has 1 aromatic carbocycles. The van der Waals surface area contributed by atoms with Crippen molar-refractivity contribution in [2.24, 2.45) is 0 Å². The molecule has 1 aromatic heterocycles. The maximum Gasteiger partial charge on any atom is 0.341 e. The molecule has 0 bridgehead atoms. The minimum atomic E-state index is -3.19. The molecule has 0 fully saturated rings. The van der Waals surface area contributed by atoms with Gasteiger partial charge in [0.1, 0.15) is 11.6 Å². The highest BCUT2D eigenvalue weighted by Gasteiger charge is 2.31. The Labute approximate surface area is 167 Å². The predicted molar refractivity (Wildman–Crippen MR) is 106 cm³/mol. The summed E-state index contributed by atoms with van der Waals surface area (Å²) in [6.45, 7) is 1.99. The Morgan fingerprint density at radius 2 is 1.96 bits per heavy atom. The molecule has 0 radical (unpaired) electrons. The van der Waals surface area contributed by atoms with Gasteiger partial charge in [0.05, 0.1) is 30.3 Å². The molecule has 0 aliphatic carbocycles. The molecule has 1 aliphatic rings. The van der Waals surface area contributed by atoms with Crippen LogP contribution < -0.4 is 5.32 Å². The second-order valence-electron chi connectivity index (χ2n) is 6.30. The molecule has 3 rings (SSSR count). The van der Waals surface area contributed by atoms with E-state index in [1.54, 1.807) is 6.92 Å². The molecule has 0 saturated heterocycles. The lowest BCUT2D eigenvalue weighted by Crippen LogP contribution is -2.21. The first-order valence-electron chi connectivity index (χ1n) is 8.83. The zero-order valence-corrected chi connectivity index (χ0v) is 17.0. The van der Waals surface area contributed by atoms with Crippen LogP contribution in [0.1, 0.15) is 33.3 Å². The first-order valence-corrected chi connectivity index (χ1v) is 11.5. The Kier molecular flexibility index (Phi) is 6.48. The summed E-state index contributed by atoms with van der Waals surface area (Å²) in [7, 11) is -3.19. The minimum absolute atomic E-state index is 0.0172. The van der Waals surface area contributed by atoms with Crippen LogP contribution in [-0.2, 0) is 42.9 Å². The van der Waals surface area contributed by atoms with E-state index in [-0.39, 0.29) is 43.3 Å². The average molecular weight is 424 g/mol. The van der Waals surface area contributed by atoms with Crippen LogP contribution in [0.5, 0.6) is 0 Å². The van der Waals surface area contributed by atoms with Crippen molar-refractivity contribution >= 4 is 38.1 Å². The number of carbonyl (C=O) groups excluding carboxylic acids is 2. The number of ether oxygens (including phenoxy) is 2. The van der Waals surface area contributed by atoms with Crippen molar-refractivity contribution in [2.75, 3.05) is 24.3 Å². The second-order valence-corrected chi connectivity index (χ2v) is 9.59. The highest BCUT2D eigenvalue weighted by molar-refractivity contribution is 7.90. The van der Waals surface area contributed by atoms with Crippen LogP contribution in [0.2, 0.25) is 0 Å². The van der Waals surface area contributed by atoms with Crippen molar-refractivity contribution in [1.29, 1.82) is 0 Å². The van der Waals surface area contributed by atoms with Crippen molar-refractivity contribution < 1.29 is 27.5 Å². The number of benzene rings is 1. The molecule has 9 heteroatoms. The number of thiophene rings is 1. The van der Waals surface area contributed by atoms with E-state index in [0.29, 0.717) is 15.4 Å². The molecular weight excluding hydrogens is 402 g/mol. The van der Waals surface area contributed by atoms with E-state index < -0.39 is 21.7 Å². The quantitative estimate of drug-likeness (QED) is 0.687. The summed E-state index contributed by atoms with van der Waals surface area (Å²) in [5, 5.41) is 2.99.